The van der Waals surface area contributed by atoms with E-state index in [1.807, 2.05) is 18.2 Å². The summed E-state index contributed by atoms with van der Waals surface area (Å²) in [6, 6.07) is 5.79. The zero-order valence-corrected chi connectivity index (χ0v) is 10.2. The SMILES string of the molecule is ClCCOc1ccc2n[nH]c(I)c2c1. The van der Waals surface area contributed by atoms with E-state index in [1.165, 1.54) is 0 Å². The third-order valence-electron chi connectivity index (χ3n) is 1.82. The molecule has 0 aliphatic heterocycles. The fourth-order valence-corrected chi connectivity index (χ4v) is 1.83. The Hall–Kier alpha value is -0.490. The van der Waals surface area contributed by atoms with Gasteiger partial charge in [0, 0.05) is 5.39 Å². The van der Waals surface area contributed by atoms with E-state index in [0.717, 1.165) is 20.4 Å². The van der Waals surface area contributed by atoms with Crippen molar-refractivity contribution in [1.82, 2.24) is 10.2 Å². The van der Waals surface area contributed by atoms with Gasteiger partial charge in [0.25, 0.3) is 0 Å². The molecule has 0 saturated carbocycles. The summed E-state index contributed by atoms with van der Waals surface area (Å²) >= 11 is 7.74. The number of aromatic amines is 1. The van der Waals surface area contributed by atoms with Crippen molar-refractivity contribution >= 4 is 45.1 Å². The van der Waals surface area contributed by atoms with Crippen molar-refractivity contribution in [2.45, 2.75) is 0 Å². The minimum Gasteiger partial charge on any atom is -0.492 e. The van der Waals surface area contributed by atoms with Gasteiger partial charge in [0.1, 0.15) is 16.1 Å². The van der Waals surface area contributed by atoms with Crippen LogP contribution in [0.3, 0.4) is 0 Å². The number of halogens is 2. The summed E-state index contributed by atoms with van der Waals surface area (Å²) in [4.78, 5) is 0. The summed E-state index contributed by atoms with van der Waals surface area (Å²) in [5.41, 5.74) is 0.952. The maximum atomic E-state index is 5.53. The minimum atomic E-state index is 0.501. The largest absolute Gasteiger partial charge is 0.492 e. The molecule has 0 bridgehead atoms. The lowest BCUT2D eigenvalue weighted by Gasteiger charge is -2.02. The molecule has 74 valence electrons. The fourth-order valence-electron chi connectivity index (χ4n) is 1.20. The number of hydrogen-bond donors (Lipinski definition) is 1. The smallest absolute Gasteiger partial charge is 0.120 e. The van der Waals surface area contributed by atoms with Crippen molar-refractivity contribution in [3.05, 3.63) is 21.9 Å². The van der Waals surface area contributed by atoms with E-state index in [2.05, 4.69) is 32.8 Å². The lowest BCUT2D eigenvalue weighted by atomic mass is 10.2. The van der Waals surface area contributed by atoms with E-state index in [0.29, 0.717) is 12.5 Å². The van der Waals surface area contributed by atoms with Crippen molar-refractivity contribution in [3.63, 3.8) is 0 Å². The zero-order chi connectivity index (χ0) is 9.97. The number of aromatic nitrogens is 2. The molecule has 0 spiro atoms. The topological polar surface area (TPSA) is 37.9 Å². The maximum absolute atomic E-state index is 5.53. The molecule has 0 unspecified atom stereocenters. The van der Waals surface area contributed by atoms with Crippen LogP contribution in [0.5, 0.6) is 5.75 Å². The van der Waals surface area contributed by atoms with E-state index in [4.69, 9.17) is 16.3 Å². The Labute approximate surface area is 99.9 Å². The van der Waals surface area contributed by atoms with Gasteiger partial charge in [-0.15, -0.1) is 11.6 Å². The monoisotopic (exact) mass is 322 g/mol. The van der Waals surface area contributed by atoms with E-state index in [1.54, 1.807) is 0 Å². The van der Waals surface area contributed by atoms with Gasteiger partial charge in [0.2, 0.25) is 0 Å². The number of benzene rings is 1. The molecule has 2 aromatic rings. The zero-order valence-electron chi connectivity index (χ0n) is 7.26. The maximum Gasteiger partial charge on any atom is 0.120 e. The number of H-pyrrole nitrogens is 1. The van der Waals surface area contributed by atoms with Gasteiger partial charge < -0.3 is 4.74 Å². The Morgan fingerprint density at radius 2 is 2.36 bits per heavy atom. The molecule has 1 N–H and O–H groups in total. The molecule has 0 radical (unpaired) electrons. The van der Waals surface area contributed by atoms with Gasteiger partial charge in [-0.2, -0.15) is 5.10 Å². The van der Waals surface area contributed by atoms with Crippen LogP contribution in [0.15, 0.2) is 18.2 Å². The highest BCUT2D eigenvalue weighted by molar-refractivity contribution is 14.1. The number of nitrogens with zero attached hydrogens (tertiary/aromatic N) is 1. The van der Waals surface area contributed by atoms with Crippen molar-refractivity contribution in [3.8, 4) is 5.75 Å². The summed E-state index contributed by atoms with van der Waals surface area (Å²) in [6.45, 7) is 0.529. The Bertz CT molecular complexity index is 443. The second kappa shape index (κ2) is 4.35. The van der Waals surface area contributed by atoms with Gasteiger partial charge in [-0.3, -0.25) is 5.10 Å². The second-order valence-electron chi connectivity index (χ2n) is 2.75. The first-order chi connectivity index (χ1) is 6.81. The summed E-state index contributed by atoms with van der Waals surface area (Å²) in [6.07, 6.45) is 0. The van der Waals surface area contributed by atoms with Crippen LogP contribution < -0.4 is 4.74 Å². The number of ether oxygens (including phenoxy) is 1. The first kappa shape index (κ1) is 10.0. The Kier molecular flexibility index (Phi) is 3.12. The highest BCUT2D eigenvalue weighted by atomic mass is 127. The molecule has 0 atom stereocenters. The predicted octanol–water partition coefficient (Wildman–Crippen LogP) is 2.79. The molecule has 1 aromatic heterocycles. The van der Waals surface area contributed by atoms with E-state index in [-0.39, 0.29) is 0 Å². The van der Waals surface area contributed by atoms with Crippen LogP contribution in [0, 0.1) is 3.70 Å². The average molecular weight is 323 g/mol. The summed E-state index contributed by atoms with van der Waals surface area (Å²) < 4.78 is 6.43. The lowest BCUT2D eigenvalue weighted by molar-refractivity contribution is 0.343. The summed E-state index contributed by atoms with van der Waals surface area (Å²) in [7, 11) is 0. The molecule has 0 amide bonds. The predicted molar refractivity (Wildman–Crippen MR) is 65.0 cm³/mol. The first-order valence-corrected chi connectivity index (χ1v) is 5.75. The third kappa shape index (κ3) is 1.95. The molecule has 1 heterocycles. The van der Waals surface area contributed by atoms with Crippen molar-refractivity contribution in [2.24, 2.45) is 0 Å². The Morgan fingerprint density at radius 3 is 3.14 bits per heavy atom. The molecule has 1 aromatic carbocycles. The van der Waals surface area contributed by atoms with Crippen LogP contribution in [0.2, 0.25) is 0 Å². The molecule has 14 heavy (non-hydrogen) atoms. The molecule has 2 rings (SSSR count). The molecule has 0 aliphatic rings. The number of nitrogens with one attached hydrogen (secondary N) is 1. The number of fused-ring (bicyclic) bond motifs is 1. The van der Waals surface area contributed by atoms with Crippen molar-refractivity contribution in [1.29, 1.82) is 0 Å². The van der Waals surface area contributed by atoms with Crippen LogP contribution in [-0.2, 0) is 0 Å². The van der Waals surface area contributed by atoms with E-state index < -0.39 is 0 Å². The number of rotatable bonds is 3. The minimum absolute atomic E-state index is 0.501. The van der Waals surface area contributed by atoms with Crippen LogP contribution in [0.4, 0.5) is 0 Å². The van der Waals surface area contributed by atoms with Gasteiger partial charge in [0.05, 0.1) is 11.4 Å². The average Bonchev–Trinajstić information content (AvgIpc) is 2.57. The second-order valence-corrected chi connectivity index (χ2v) is 4.21. The quantitative estimate of drug-likeness (QED) is 0.697. The third-order valence-corrected chi connectivity index (χ3v) is 2.80. The molecular weight excluding hydrogens is 314 g/mol. The molecule has 0 saturated heterocycles. The molecule has 0 aliphatic carbocycles. The summed E-state index contributed by atoms with van der Waals surface area (Å²) in [5, 5.41) is 8.12. The lowest BCUT2D eigenvalue weighted by Crippen LogP contribution is -1.97. The van der Waals surface area contributed by atoms with Gasteiger partial charge in [-0.05, 0) is 40.8 Å². The Balaban J connectivity index is 2.34. The standard InChI is InChI=1S/C9H8ClIN2O/c10-3-4-14-6-1-2-8-7(5-6)9(11)13-12-8/h1-2,5H,3-4H2,(H,12,13). The number of alkyl halides is 1. The molecule has 3 nitrogen and oxygen atoms in total. The van der Waals surface area contributed by atoms with Crippen LogP contribution in [0.1, 0.15) is 0 Å². The van der Waals surface area contributed by atoms with E-state index >= 15 is 0 Å². The van der Waals surface area contributed by atoms with Gasteiger partial charge in [-0.1, -0.05) is 0 Å². The van der Waals surface area contributed by atoms with Crippen LogP contribution in [-0.4, -0.2) is 22.7 Å². The fraction of sp³-hybridized carbons (Fsp3) is 0.222. The first-order valence-electron chi connectivity index (χ1n) is 4.13. The van der Waals surface area contributed by atoms with Crippen molar-refractivity contribution in [2.75, 3.05) is 12.5 Å². The van der Waals surface area contributed by atoms with Gasteiger partial charge in [0.15, 0.2) is 0 Å². The van der Waals surface area contributed by atoms with Gasteiger partial charge in [-0.25, -0.2) is 0 Å². The normalized spacial score (nSPS) is 10.7. The Morgan fingerprint density at radius 1 is 1.50 bits per heavy atom. The van der Waals surface area contributed by atoms with Crippen LogP contribution in [0.25, 0.3) is 10.9 Å². The highest BCUT2D eigenvalue weighted by Crippen LogP contribution is 2.22. The summed E-state index contributed by atoms with van der Waals surface area (Å²) in [5.74, 6) is 1.33. The van der Waals surface area contributed by atoms with Crippen molar-refractivity contribution < 1.29 is 4.74 Å². The van der Waals surface area contributed by atoms with Crippen LogP contribution >= 0.6 is 34.2 Å². The molecular formula is C9H8ClIN2O. The van der Waals surface area contributed by atoms with E-state index in [9.17, 15) is 0 Å². The molecule has 5 heteroatoms. The van der Waals surface area contributed by atoms with Gasteiger partial charge >= 0.3 is 0 Å². The highest BCUT2D eigenvalue weighted by Gasteiger charge is 2.03. The molecule has 0 fully saturated rings. The number of hydrogen-bond acceptors (Lipinski definition) is 2.